The molecule has 436 valence electrons. The summed E-state index contributed by atoms with van der Waals surface area (Å²) in [5.41, 5.74) is 24.8. The van der Waals surface area contributed by atoms with E-state index >= 15 is 0 Å². The first-order valence-corrected chi connectivity index (χ1v) is 33.9. The van der Waals surface area contributed by atoms with Crippen LogP contribution in [0.3, 0.4) is 0 Å². The quantitative estimate of drug-likeness (QED) is 0.102. The Balaban J connectivity index is 0.000000111. The van der Waals surface area contributed by atoms with Crippen LogP contribution >= 0.6 is 81.8 Å². The normalized spacial score (nSPS) is 11.0. The fraction of sp³-hybridized carbons (Fsp3) is 0. The van der Waals surface area contributed by atoms with Crippen molar-refractivity contribution in [1.82, 2.24) is 4.57 Å². The molecule has 4 heterocycles. The molecule has 0 radical (unpaired) electrons. The molecule has 4 aromatic heterocycles. The third-order valence-electron chi connectivity index (χ3n) is 15.7. The molecule has 13 aromatic carbocycles. The van der Waals surface area contributed by atoms with Gasteiger partial charge in [-0.2, -0.15) is 0 Å². The van der Waals surface area contributed by atoms with E-state index in [1.165, 1.54) is 106 Å². The van der Waals surface area contributed by atoms with Crippen molar-refractivity contribution in [2.24, 2.45) is 0 Å². The molecule has 0 unspecified atom stereocenters. The molecule has 17 aromatic rings. The van der Waals surface area contributed by atoms with Gasteiger partial charge in [-0.15, -0.1) is 34.0 Å². The Kier molecular flexibility index (Phi) is 18.2. The van der Waals surface area contributed by atoms with Crippen molar-refractivity contribution in [3.05, 3.63) is 311 Å². The van der Waals surface area contributed by atoms with Crippen molar-refractivity contribution < 1.29 is 10.0 Å². The minimum atomic E-state index is -1.41. The number of anilines is 2. The number of aromatic nitrogens is 1. The lowest BCUT2D eigenvalue weighted by Gasteiger charge is -2.14. The van der Waals surface area contributed by atoms with Gasteiger partial charge in [-0.3, -0.25) is 0 Å². The summed E-state index contributed by atoms with van der Waals surface area (Å²) in [6.07, 6.45) is 0. The van der Waals surface area contributed by atoms with E-state index in [-0.39, 0.29) is 0 Å². The first kappa shape index (κ1) is 60.3. The van der Waals surface area contributed by atoms with E-state index in [9.17, 15) is 10.0 Å². The molecule has 0 aliphatic carbocycles. The molecular weight excluding hydrogens is 1360 g/mol. The Hall–Kier alpha value is -8.66. The van der Waals surface area contributed by atoms with Gasteiger partial charge < -0.3 is 26.1 Å². The van der Waals surface area contributed by atoms with Gasteiger partial charge in [0.25, 0.3) is 0 Å². The zero-order valence-corrected chi connectivity index (χ0v) is 55.4. The molecule has 90 heavy (non-hydrogen) atoms. The fourth-order valence-corrected chi connectivity index (χ4v) is 16.5. The van der Waals surface area contributed by atoms with Crippen LogP contribution in [-0.4, -0.2) is 21.7 Å². The highest BCUT2D eigenvalue weighted by atomic mass is 79.9. The lowest BCUT2D eigenvalue weighted by Crippen LogP contribution is -2.29. The average molecular weight is 1410 g/mol. The molecule has 0 aliphatic rings. The van der Waals surface area contributed by atoms with Crippen LogP contribution in [0.25, 0.3) is 121 Å². The Morgan fingerprint density at radius 2 is 0.611 bits per heavy atom. The van der Waals surface area contributed by atoms with Crippen LogP contribution in [-0.2, 0) is 0 Å². The minimum Gasteiger partial charge on any atom is -0.423 e. The molecule has 0 aliphatic heterocycles. The maximum Gasteiger partial charge on any atom is 0.489 e. The molecule has 5 nitrogen and oxygen atoms in total. The van der Waals surface area contributed by atoms with Crippen molar-refractivity contribution >= 4 is 188 Å². The monoisotopic (exact) mass is 1410 g/mol. The summed E-state index contributed by atoms with van der Waals surface area (Å²) >= 11 is 15.7. The summed E-state index contributed by atoms with van der Waals surface area (Å²) in [6, 6.07) is 102. The van der Waals surface area contributed by atoms with Gasteiger partial charge in [0, 0.05) is 113 Å². The summed E-state index contributed by atoms with van der Waals surface area (Å²) < 4.78 is 13.1. The zero-order valence-electron chi connectivity index (χ0n) is 48.2. The Morgan fingerprint density at radius 3 is 1.07 bits per heavy atom. The van der Waals surface area contributed by atoms with Crippen molar-refractivity contribution in [1.29, 1.82) is 0 Å². The van der Waals surface area contributed by atoms with Gasteiger partial charge in [0.2, 0.25) is 0 Å². The first-order chi connectivity index (χ1) is 44.1. The smallest absolute Gasteiger partial charge is 0.423 e. The van der Waals surface area contributed by atoms with Crippen LogP contribution in [0.2, 0.25) is 0 Å². The molecule has 17 rings (SSSR count). The zero-order chi connectivity index (χ0) is 61.7. The summed E-state index contributed by atoms with van der Waals surface area (Å²) in [7, 11) is -1.41. The molecule has 0 spiro atoms. The average Bonchev–Trinajstić information content (AvgIpc) is 1.65. The standard InChI is InChI=1S/C30H19NS.C18H13NS.C12H9BO2S.C12H8Br2.C6H6BrN/c1-5-16-26-20(10-1)21-11-2-6-17-27(21)31(26)28-18-7-3-12-22(28)24-14-9-15-25-23-13-4-8-19-29(23)32-30(24)25;19-16-10-3-1-6-12(16)14-8-5-9-15-13-7-2-4-11-17(13)20-18(14)15;14-13(15)10-6-3-5-9-8-4-1-2-7-11(8)16-12(9)10;13-11-7-3-1-5-9(11)10-6-2-4-8-12(10)14;7-5-3-1-2-4-6(5)8/h1-19H;1-11H,19H2;1-7,14-15H;1-8H;1-4H,8H2. The van der Waals surface area contributed by atoms with Crippen molar-refractivity contribution in [2.75, 3.05) is 11.5 Å². The lowest BCUT2D eigenvalue weighted by atomic mass is 9.80. The van der Waals surface area contributed by atoms with Crippen molar-refractivity contribution in [3.8, 4) is 39.1 Å². The maximum absolute atomic E-state index is 9.31. The Morgan fingerprint density at radius 1 is 0.278 bits per heavy atom. The van der Waals surface area contributed by atoms with E-state index in [0.717, 1.165) is 40.4 Å². The molecular formula is C78H55BBr3N3O2S3. The van der Waals surface area contributed by atoms with E-state index in [1.54, 1.807) is 17.4 Å². The second-order valence-electron chi connectivity index (χ2n) is 21.2. The summed E-state index contributed by atoms with van der Waals surface area (Å²) in [5, 5.41) is 28.8. The van der Waals surface area contributed by atoms with Crippen LogP contribution in [0.15, 0.2) is 311 Å². The van der Waals surface area contributed by atoms with Crippen LogP contribution in [0.1, 0.15) is 0 Å². The number of hydrogen-bond acceptors (Lipinski definition) is 7. The number of hydrogen-bond donors (Lipinski definition) is 4. The third-order valence-corrected chi connectivity index (χ3v) is 21.5. The van der Waals surface area contributed by atoms with Gasteiger partial charge in [0.05, 0.1) is 16.7 Å². The van der Waals surface area contributed by atoms with Gasteiger partial charge in [0.15, 0.2) is 0 Å². The number of para-hydroxylation sites is 5. The van der Waals surface area contributed by atoms with Gasteiger partial charge in [-0.25, -0.2) is 0 Å². The second kappa shape index (κ2) is 27.2. The van der Waals surface area contributed by atoms with E-state index in [1.807, 2.05) is 120 Å². The minimum absolute atomic E-state index is 0.582. The highest BCUT2D eigenvalue weighted by Crippen LogP contribution is 2.44. The molecule has 12 heteroatoms. The Labute approximate surface area is 558 Å². The van der Waals surface area contributed by atoms with Crippen molar-refractivity contribution in [3.63, 3.8) is 0 Å². The number of nitrogen functional groups attached to an aromatic ring is 2. The largest absolute Gasteiger partial charge is 0.489 e. The predicted octanol–water partition coefficient (Wildman–Crippen LogP) is 22.8. The van der Waals surface area contributed by atoms with E-state index in [4.69, 9.17) is 11.5 Å². The van der Waals surface area contributed by atoms with Gasteiger partial charge >= 0.3 is 7.12 Å². The van der Waals surface area contributed by atoms with Gasteiger partial charge in [-0.1, -0.05) is 262 Å². The van der Waals surface area contributed by atoms with Crippen LogP contribution in [0.5, 0.6) is 0 Å². The number of rotatable bonds is 5. The summed E-state index contributed by atoms with van der Waals surface area (Å²) in [5.74, 6) is 0. The second-order valence-corrected chi connectivity index (χ2v) is 26.9. The fourth-order valence-electron chi connectivity index (χ4n) is 11.5. The summed E-state index contributed by atoms with van der Waals surface area (Å²) in [4.78, 5) is 0. The van der Waals surface area contributed by atoms with Crippen LogP contribution in [0, 0.1) is 0 Å². The first-order valence-electron chi connectivity index (χ1n) is 29.1. The molecule has 6 N–H and O–H groups in total. The molecule has 0 fully saturated rings. The predicted molar refractivity (Wildman–Crippen MR) is 403 cm³/mol. The molecule has 0 bridgehead atoms. The van der Waals surface area contributed by atoms with E-state index in [2.05, 4.69) is 246 Å². The van der Waals surface area contributed by atoms with Crippen molar-refractivity contribution in [2.45, 2.75) is 0 Å². The molecule has 0 saturated carbocycles. The van der Waals surface area contributed by atoms with Crippen LogP contribution in [0.4, 0.5) is 11.4 Å². The molecule has 0 saturated heterocycles. The number of nitrogens with zero attached hydrogens (tertiary/aromatic N) is 1. The topological polar surface area (TPSA) is 97.4 Å². The third kappa shape index (κ3) is 12.3. The molecule has 0 atom stereocenters. The Bertz CT molecular complexity index is 5310. The van der Waals surface area contributed by atoms with Gasteiger partial charge in [-0.05, 0) is 105 Å². The van der Waals surface area contributed by atoms with E-state index < -0.39 is 7.12 Å². The number of halogens is 3. The maximum atomic E-state index is 9.31. The van der Waals surface area contributed by atoms with E-state index in [0.29, 0.717) is 5.46 Å². The summed E-state index contributed by atoms with van der Waals surface area (Å²) in [6.45, 7) is 0. The number of nitrogens with two attached hydrogens (primary N) is 2. The highest BCUT2D eigenvalue weighted by molar-refractivity contribution is 9.11. The highest BCUT2D eigenvalue weighted by Gasteiger charge is 2.20. The lowest BCUT2D eigenvalue weighted by molar-refractivity contribution is 0.426. The number of fused-ring (bicyclic) bond motifs is 12. The molecule has 0 amide bonds. The SMILES string of the molecule is Brc1ccccc1-c1ccccc1Br.Nc1ccccc1-c1cccc2c1sc1ccccc12.Nc1ccccc1Br.OB(O)c1cccc2c1sc1ccccc12.c1ccc(-n2c3ccccc3c3ccccc32)c(-c2cccc3c2sc2ccccc23)c1. The number of thiophene rings is 3. The van der Waals surface area contributed by atoms with Crippen LogP contribution < -0.4 is 16.9 Å². The number of benzene rings is 13. The van der Waals surface area contributed by atoms with Gasteiger partial charge in [0.1, 0.15) is 0 Å².